The van der Waals surface area contributed by atoms with E-state index in [1.165, 1.54) is 15.7 Å². The van der Waals surface area contributed by atoms with E-state index in [9.17, 15) is 0 Å². The third-order valence-electron chi connectivity index (χ3n) is 3.53. The number of benzene rings is 1. The van der Waals surface area contributed by atoms with Crippen LogP contribution >= 0.6 is 15.9 Å². The Kier molecular flexibility index (Phi) is 7.04. The van der Waals surface area contributed by atoms with Gasteiger partial charge in [-0.05, 0) is 66.2 Å². The molecule has 2 N–H and O–H groups in total. The maximum Gasteiger partial charge on any atom is 0.0513 e. The van der Waals surface area contributed by atoms with Gasteiger partial charge < -0.3 is 10.6 Å². The van der Waals surface area contributed by atoms with Gasteiger partial charge >= 0.3 is 0 Å². The first-order valence-electron chi connectivity index (χ1n) is 7.65. The monoisotopic (exact) mass is 340 g/mol. The van der Waals surface area contributed by atoms with E-state index in [1.54, 1.807) is 0 Å². The Bertz CT molecular complexity index is 415. The van der Waals surface area contributed by atoms with E-state index in [1.807, 2.05) is 0 Å². The zero-order valence-corrected chi connectivity index (χ0v) is 15.1. The molecule has 0 amide bonds. The molecule has 3 heteroatoms. The minimum atomic E-state index is 0.254. The summed E-state index contributed by atoms with van der Waals surface area (Å²) in [6.45, 7) is 12.2. The maximum atomic E-state index is 6.04. The summed E-state index contributed by atoms with van der Waals surface area (Å²) in [5.41, 5.74) is 8.63. The highest BCUT2D eigenvalue weighted by atomic mass is 79.9. The summed E-state index contributed by atoms with van der Waals surface area (Å²) < 4.78 is 1.17. The van der Waals surface area contributed by atoms with Crippen LogP contribution in [0, 0.1) is 5.92 Å². The quantitative estimate of drug-likeness (QED) is 0.785. The summed E-state index contributed by atoms with van der Waals surface area (Å²) in [7, 11) is 0. The molecule has 1 atom stereocenters. The minimum absolute atomic E-state index is 0.254. The lowest BCUT2D eigenvalue weighted by molar-refractivity contribution is 0.570. The summed E-state index contributed by atoms with van der Waals surface area (Å²) in [5.74, 6) is 0.650. The Morgan fingerprint density at radius 3 is 2.30 bits per heavy atom. The van der Waals surface area contributed by atoms with Crippen molar-refractivity contribution in [1.82, 2.24) is 0 Å². The molecule has 1 unspecified atom stereocenters. The van der Waals surface area contributed by atoms with Crippen molar-refractivity contribution >= 4 is 21.6 Å². The molecule has 0 bridgehead atoms. The summed E-state index contributed by atoms with van der Waals surface area (Å²) in [4.78, 5) is 2.46. The van der Waals surface area contributed by atoms with Crippen molar-refractivity contribution in [3.05, 3.63) is 28.2 Å². The number of nitrogens with two attached hydrogens (primary N) is 1. The normalized spacial score (nSPS) is 13.1. The molecule has 0 aliphatic carbocycles. The van der Waals surface area contributed by atoms with E-state index in [-0.39, 0.29) is 6.04 Å². The molecule has 0 saturated heterocycles. The number of hydrogen-bond donors (Lipinski definition) is 1. The fourth-order valence-corrected chi connectivity index (χ4v) is 2.99. The molecule has 20 heavy (non-hydrogen) atoms. The molecule has 1 aromatic carbocycles. The van der Waals surface area contributed by atoms with E-state index in [2.05, 4.69) is 73.6 Å². The molecule has 0 saturated carbocycles. The molecule has 1 rings (SSSR count). The molecule has 1 aromatic rings. The van der Waals surface area contributed by atoms with Crippen LogP contribution in [0.5, 0.6) is 0 Å². The van der Waals surface area contributed by atoms with Gasteiger partial charge in [-0.2, -0.15) is 0 Å². The van der Waals surface area contributed by atoms with Crippen LogP contribution < -0.4 is 10.6 Å². The Hall–Kier alpha value is -0.540. The largest absolute Gasteiger partial charge is 0.368 e. The molecule has 0 radical (unpaired) electrons. The maximum absolute atomic E-state index is 6.04. The second-order valence-electron chi connectivity index (χ2n) is 6.30. The standard InChI is InChI=1S/C17H29BrN2/c1-6-15(19)9-14-7-8-17(16(18)10-14)20(13(4)5)11-12(2)3/h7-8,10,12-13,15H,6,9,11,19H2,1-5H3. The van der Waals surface area contributed by atoms with Crippen LogP contribution in [0.1, 0.15) is 46.6 Å². The highest BCUT2D eigenvalue weighted by Crippen LogP contribution is 2.30. The van der Waals surface area contributed by atoms with E-state index < -0.39 is 0 Å². The Morgan fingerprint density at radius 1 is 1.20 bits per heavy atom. The van der Waals surface area contributed by atoms with Crippen LogP contribution in [0.15, 0.2) is 22.7 Å². The molecule has 0 spiro atoms. The van der Waals surface area contributed by atoms with E-state index in [0.717, 1.165) is 19.4 Å². The number of rotatable bonds is 7. The first-order valence-corrected chi connectivity index (χ1v) is 8.45. The van der Waals surface area contributed by atoms with Crippen molar-refractivity contribution in [2.75, 3.05) is 11.4 Å². The Labute approximate surface area is 132 Å². The van der Waals surface area contributed by atoms with Crippen LogP contribution in [-0.2, 0) is 6.42 Å². The van der Waals surface area contributed by atoms with Crippen molar-refractivity contribution < 1.29 is 0 Å². The molecule has 2 nitrogen and oxygen atoms in total. The van der Waals surface area contributed by atoms with Crippen LogP contribution in [0.4, 0.5) is 5.69 Å². The van der Waals surface area contributed by atoms with Crippen LogP contribution in [0.2, 0.25) is 0 Å². The first kappa shape index (κ1) is 17.5. The molecule has 0 aromatic heterocycles. The third-order valence-corrected chi connectivity index (χ3v) is 4.16. The second-order valence-corrected chi connectivity index (χ2v) is 7.15. The van der Waals surface area contributed by atoms with Gasteiger partial charge in [0.2, 0.25) is 0 Å². The molecule has 0 heterocycles. The van der Waals surface area contributed by atoms with Crippen molar-refractivity contribution in [2.45, 2.75) is 59.5 Å². The molecule has 114 valence electrons. The van der Waals surface area contributed by atoms with Gasteiger partial charge in [-0.3, -0.25) is 0 Å². The number of nitrogens with zero attached hydrogens (tertiary/aromatic N) is 1. The second kappa shape index (κ2) is 8.04. The highest BCUT2D eigenvalue weighted by Gasteiger charge is 2.15. The summed E-state index contributed by atoms with van der Waals surface area (Å²) >= 11 is 3.74. The molecular formula is C17H29BrN2. The fourth-order valence-electron chi connectivity index (χ4n) is 2.34. The number of anilines is 1. The van der Waals surface area contributed by atoms with Crippen molar-refractivity contribution in [3.63, 3.8) is 0 Å². The Balaban J connectivity index is 2.95. The van der Waals surface area contributed by atoms with Gasteiger partial charge in [0.25, 0.3) is 0 Å². The molecule has 0 aliphatic rings. The minimum Gasteiger partial charge on any atom is -0.368 e. The summed E-state index contributed by atoms with van der Waals surface area (Å²) in [5, 5.41) is 0. The predicted octanol–water partition coefficient (Wildman–Crippen LogP) is 4.60. The first-order chi connectivity index (χ1) is 9.35. The van der Waals surface area contributed by atoms with Crippen molar-refractivity contribution in [3.8, 4) is 0 Å². The average molecular weight is 341 g/mol. The lowest BCUT2D eigenvalue weighted by Gasteiger charge is -2.32. The zero-order chi connectivity index (χ0) is 15.3. The predicted molar refractivity (Wildman–Crippen MR) is 93.4 cm³/mol. The van der Waals surface area contributed by atoms with Gasteiger partial charge in [-0.15, -0.1) is 0 Å². The van der Waals surface area contributed by atoms with Gasteiger partial charge in [-0.1, -0.05) is 26.8 Å². The Morgan fingerprint density at radius 2 is 1.85 bits per heavy atom. The van der Waals surface area contributed by atoms with Crippen LogP contribution in [0.3, 0.4) is 0 Å². The van der Waals surface area contributed by atoms with Gasteiger partial charge in [-0.25, -0.2) is 0 Å². The fraction of sp³-hybridized carbons (Fsp3) is 0.647. The summed E-state index contributed by atoms with van der Waals surface area (Å²) in [6, 6.07) is 7.41. The van der Waals surface area contributed by atoms with E-state index in [0.29, 0.717) is 12.0 Å². The lowest BCUT2D eigenvalue weighted by Crippen LogP contribution is -2.34. The third kappa shape index (κ3) is 5.10. The lowest BCUT2D eigenvalue weighted by atomic mass is 10.0. The molecule has 0 fully saturated rings. The number of halogens is 1. The van der Waals surface area contributed by atoms with Gasteiger partial charge in [0.1, 0.15) is 0 Å². The van der Waals surface area contributed by atoms with Gasteiger partial charge in [0.05, 0.1) is 5.69 Å². The van der Waals surface area contributed by atoms with Crippen LogP contribution in [0.25, 0.3) is 0 Å². The topological polar surface area (TPSA) is 29.3 Å². The van der Waals surface area contributed by atoms with Crippen molar-refractivity contribution in [1.29, 1.82) is 0 Å². The van der Waals surface area contributed by atoms with Gasteiger partial charge in [0.15, 0.2) is 0 Å². The molecule has 0 aliphatic heterocycles. The van der Waals surface area contributed by atoms with Crippen LogP contribution in [-0.4, -0.2) is 18.6 Å². The smallest absolute Gasteiger partial charge is 0.0513 e. The highest BCUT2D eigenvalue weighted by molar-refractivity contribution is 9.10. The zero-order valence-electron chi connectivity index (χ0n) is 13.5. The van der Waals surface area contributed by atoms with E-state index in [4.69, 9.17) is 5.73 Å². The molecular weight excluding hydrogens is 312 g/mol. The average Bonchev–Trinajstić information content (AvgIpc) is 2.36. The van der Waals surface area contributed by atoms with Gasteiger partial charge in [0, 0.05) is 23.1 Å². The van der Waals surface area contributed by atoms with E-state index >= 15 is 0 Å². The SMILES string of the molecule is CCC(N)Cc1ccc(N(CC(C)C)C(C)C)c(Br)c1. The van der Waals surface area contributed by atoms with Crippen molar-refractivity contribution in [2.24, 2.45) is 11.7 Å². The number of hydrogen-bond acceptors (Lipinski definition) is 2. The summed E-state index contributed by atoms with van der Waals surface area (Å²) in [6.07, 6.45) is 1.96.